The lowest BCUT2D eigenvalue weighted by molar-refractivity contribution is -0.142. The summed E-state index contributed by atoms with van der Waals surface area (Å²) >= 11 is 0. The molecule has 0 aliphatic carbocycles. The first-order chi connectivity index (χ1) is 22.4. The van der Waals surface area contributed by atoms with E-state index >= 15 is 0 Å². The Kier molecular flexibility index (Phi) is 14.4. The smallest absolute Gasteiger partial charge is 0.324 e. The zero-order valence-electron chi connectivity index (χ0n) is 29.0. The minimum atomic E-state index is -1.07. The Balaban J connectivity index is 2.23. The SMILES string of the molecule is C#CCCCC/C=C(\NC(=O)[C@@H]1CCCN1C(=O)[C@@H](NC(=O)N[C@H](CN1C(=O)CNC1=O)C(C)(C)C)C(C)(C)C)C(=O)C(=O)NCC=C. The average molecular weight is 670 g/mol. The number of carbonyl (C=O) groups excluding carboxylic acids is 7. The van der Waals surface area contributed by atoms with Crippen LogP contribution in [0.4, 0.5) is 9.59 Å². The molecule has 0 aromatic rings. The third-order valence-electron chi connectivity index (χ3n) is 8.12. The maximum absolute atomic E-state index is 14.0. The molecule has 2 rings (SSSR count). The van der Waals surface area contributed by atoms with E-state index in [1.165, 1.54) is 17.1 Å². The van der Waals surface area contributed by atoms with Crippen molar-refractivity contribution < 1.29 is 33.6 Å². The Bertz CT molecular complexity index is 1320. The van der Waals surface area contributed by atoms with Crippen LogP contribution in [0.15, 0.2) is 24.4 Å². The van der Waals surface area contributed by atoms with E-state index in [4.69, 9.17) is 6.42 Å². The molecule has 2 saturated heterocycles. The van der Waals surface area contributed by atoms with E-state index in [1.54, 1.807) is 20.8 Å². The molecule has 2 fully saturated rings. The van der Waals surface area contributed by atoms with Crippen molar-refractivity contribution in [2.45, 2.75) is 98.2 Å². The quantitative estimate of drug-likeness (QED) is 0.0439. The van der Waals surface area contributed by atoms with E-state index in [1.807, 2.05) is 20.8 Å². The molecule has 2 aliphatic rings. The molecule has 14 nitrogen and oxygen atoms in total. The molecule has 0 bridgehead atoms. The number of rotatable bonds is 15. The number of allylic oxidation sites excluding steroid dienone is 1. The summed E-state index contributed by atoms with van der Waals surface area (Å²) in [5.41, 5.74) is -1.54. The number of urea groups is 2. The molecule has 8 amide bonds. The first-order valence-corrected chi connectivity index (χ1v) is 16.3. The van der Waals surface area contributed by atoms with E-state index in [2.05, 4.69) is 39.1 Å². The van der Waals surface area contributed by atoms with Crippen molar-refractivity contribution in [1.29, 1.82) is 0 Å². The number of imide groups is 1. The third-order valence-corrected chi connectivity index (χ3v) is 8.12. The highest BCUT2D eigenvalue weighted by molar-refractivity contribution is 6.42. The largest absolute Gasteiger partial charge is 0.346 e. The summed E-state index contributed by atoms with van der Waals surface area (Å²) < 4.78 is 0. The van der Waals surface area contributed by atoms with Crippen LogP contribution in [0.1, 0.15) is 80.1 Å². The third kappa shape index (κ3) is 11.2. The van der Waals surface area contributed by atoms with Gasteiger partial charge in [-0.15, -0.1) is 18.9 Å². The van der Waals surface area contributed by atoms with Crippen LogP contribution >= 0.6 is 0 Å². The van der Waals surface area contributed by atoms with Crippen LogP contribution in [-0.4, -0.2) is 95.6 Å². The first-order valence-electron chi connectivity index (χ1n) is 16.3. The molecule has 5 N–H and O–H groups in total. The van der Waals surface area contributed by atoms with Crippen molar-refractivity contribution in [3.8, 4) is 12.3 Å². The second kappa shape index (κ2) is 17.5. The van der Waals surface area contributed by atoms with E-state index < -0.39 is 70.4 Å². The predicted molar refractivity (Wildman–Crippen MR) is 180 cm³/mol. The van der Waals surface area contributed by atoms with Gasteiger partial charge in [-0.05, 0) is 42.9 Å². The Hall–Kier alpha value is -4.67. The number of hydrogen-bond donors (Lipinski definition) is 5. The number of nitrogens with zero attached hydrogens (tertiary/aromatic N) is 2. The van der Waals surface area contributed by atoms with Gasteiger partial charge in [-0.2, -0.15) is 0 Å². The fraction of sp³-hybridized carbons (Fsp3) is 0.618. The zero-order chi connectivity index (χ0) is 36.2. The van der Waals surface area contributed by atoms with Gasteiger partial charge in [-0.1, -0.05) is 53.7 Å². The predicted octanol–water partition coefficient (Wildman–Crippen LogP) is 1.72. The normalized spacial score (nSPS) is 17.9. The summed E-state index contributed by atoms with van der Waals surface area (Å²) in [6, 6.07) is -3.90. The second-order valence-corrected chi connectivity index (χ2v) is 14.1. The molecule has 2 heterocycles. The van der Waals surface area contributed by atoms with Crippen LogP contribution in [0.5, 0.6) is 0 Å². The standard InChI is InChI=1S/C34H51N7O7/c1-9-11-12-13-14-16-22(26(43)29(45)35-18-10-2)37-28(44)23-17-15-19-40(23)30(46)27(34(6,7)8)39-31(47)38-24(33(3,4)5)21-41-25(42)20-36-32(41)48/h1,10,16,23-24,27H,2,11-15,17-21H2,3-8H3,(H,35,45)(H,36,48)(H,37,44)(H2,38,39,47)/b22-16-/t23-,24+,27+/m0/s1. The topological polar surface area (TPSA) is 186 Å². The van der Waals surface area contributed by atoms with Gasteiger partial charge in [0.2, 0.25) is 17.7 Å². The van der Waals surface area contributed by atoms with Crippen LogP contribution in [0.3, 0.4) is 0 Å². The Morgan fingerprint density at radius 3 is 2.31 bits per heavy atom. The summed E-state index contributed by atoms with van der Waals surface area (Å²) in [7, 11) is 0. The second-order valence-electron chi connectivity index (χ2n) is 14.1. The number of amides is 8. The van der Waals surface area contributed by atoms with Crippen molar-refractivity contribution >= 4 is 41.5 Å². The summed E-state index contributed by atoms with van der Waals surface area (Å²) in [4.78, 5) is 93.2. The fourth-order valence-corrected chi connectivity index (χ4v) is 5.21. The molecule has 0 spiro atoms. The number of terminal acetylenes is 1. The van der Waals surface area contributed by atoms with Crippen LogP contribution < -0.4 is 26.6 Å². The van der Waals surface area contributed by atoms with Gasteiger partial charge in [0.05, 0.1) is 24.8 Å². The molecule has 0 aromatic heterocycles. The molecular formula is C34H51N7O7. The van der Waals surface area contributed by atoms with Crippen molar-refractivity contribution in [2.24, 2.45) is 10.8 Å². The van der Waals surface area contributed by atoms with E-state index in [9.17, 15) is 33.6 Å². The summed E-state index contributed by atoms with van der Waals surface area (Å²) in [6.07, 6.45) is 11.3. The lowest BCUT2D eigenvalue weighted by Gasteiger charge is -2.37. The Morgan fingerprint density at radius 2 is 1.75 bits per heavy atom. The van der Waals surface area contributed by atoms with Crippen LogP contribution in [-0.2, 0) is 24.0 Å². The lowest BCUT2D eigenvalue weighted by atomic mass is 9.85. The minimum absolute atomic E-state index is 0.0613. The van der Waals surface area contributed by atoms with Crippen LogP contribution in [0.25, 0.3) is 0 Å². The molecule has 264 valence electrons. The highest BCUT2D eigenvalue weighted by Gasteiger charge is 2.43. The summed E-state index contributed by atoms with van der Waals surface area (Å²) in [6.45, 7) is 14.5. The number of unbranched alkanes of at least 4 members (excludes halogenated alkanes) is 3. The number of Topliss-reactive ketones (excluding diaryl/α,β-unsaturated/α-hetero) is 1. The summed E-state index contributed by atoms with van der Waals surface area (Å²) in [5.74, 6) is -0.814. The van der Waals surface area contributed by atoms with Crippen molar-refractivity contribution in [3.63, 3.8) is 0 Å². The lowest BCUT2D eigenvalue weighted by Crippen LogP contribution is -2.61. The van der Waals surface area contributed by atoms with E-state index in [0.29, 0.717) is 38.5 Å². The molecule has 2 aliphatic heterocycles. The number of hydrogen-bond acceptors (Lipinski definition) is 7. The fourth-order valence-electron chi connectivity index (χ4n) is 5.21. The van der Waals surface area contributed by atoms with Crippen LogP contribution in [0.2, 0.25) is 0 Å². The maximum Gasteiger partial charge on any atom is 0.324 e. The van der Waals surface area contributed by atoms with Gasteiger partial charge in [-0.3, -0.25) is 28.9 Å². The van der Waals surface area contributed by atoms with Gasteiger partial charge in [0.15, 0.2) is 0 Å². The van der Waals surface area contributed by atoms with Gasteiger partial charge >= 0.3 is 12.1 Å². The molecule has 0 radical (unpaired) electrons. The van der Waals surface area contributed by atoms with Gasteiger partial charge in [0, 0.05) is 19.5 Å². The Labute approximate surface area is 283 Å². The molecule has 48 heavy (non-hydrogen) atoms. The van der Waals surface area contributed by atoms with Crippen molar-refractivity contribution in [3.05, 3.63) is 24.4 Å². The number of carbonyl (C=O) groups is 7. The number of ketones is 1. The highest BCUT2D eigenvalue weighted by atomic mass is 16.2. The average Bonchev–Trinajstić information content (AvgIpc) is 3.62. The Morgan fingerprint density at radius 1 is 1.06 bits per heavy atom. The van der Waals surface area contributed by atoms with Gasteiger partial charge in [0.25, 0.3) is 11.7 Å². The molecule has 0 unspecified atom stereocenters. The van der Waals surface area contributed by atoms with Crippen molar-refractivity contribution in [2.75, 3.05) is 26.2 Å². The monoisotopic (exact) mass is 669 g/mol. The van der Waals surface area contributed by atoms with Gasteiger partial charge < -0.3 is 31.5 Å². The molecule has 3 atom stereocenters. The van der Waals surface area contributed by atoms with Gasteiger partial charge in [-0.25, -0.2) is 9.59 Å². The van der Waals surface area contributed by atoms with Crippen molar-refractivity contribution in [1.82, 2.24) is 36.4 Å². The molecule has 0 aromatic carbocycles. The maximum atomic E-state index is 14.0. The number of likely N-dealkylation sites (tertiary alicyclic amines) is 1. The zero-order valence-corrected chi connectivity index (χ0v) is 29.0. The summed E-state index contributed by atoms with van der Waals surface area (Å²) in [5, 5.41) is 13.1. The highest BCUT2D eigenvalue weighted by Crippen LogP contribution is 2.27. The van der Waals surface area contributed by atoms with E-state index in [0.717, 1.165) is 4.90 Å². The number of nitrogens with one attached hydrogen (secondary N) is 5. The minimum Gasteiger partial charge on any atom is -0.346 e. The molecular weight excluding hydrogens is 618 g/mol. The van der Waals surface area contributed by atoms with Crippen LogP contribution in [0, 0.1) is 23.2 Å². The molecule has 14 heteroatoms. The van der Waals surface area contributed by atoms with Gasteiger partial charge in [0.1, 0.15) is 12.1 Å². The molecule has 0 saturated carbocycles. The van der Waals surface area contributed by atoms with E-state index in [-0.39, 0.29) is 31.9 Å². The first kappa shape index (κ1) is 39.5.